The number of amides is 2. The summed E-state index contributed by atoms with van der Waals surface area (Å²) >= 11 is 0. The molecule has 4 aliphatic heterocycles. The molecule has 2 aromatic heterocycles. The van der Waals surface area contributed by atoms with Crippen LogP contribution >= 0.6 is 0 Å². The standard InChI is InChI=1S/C40H53FN8O5/c1-25-11-13-40(31-17-27(9-10-29(25)31)42-37(51)54-38(2,3)4)20-33-30(23-53-40)34(44-36(43-33)52-24-39-12-7-15-48(39)21-26(41)19-39)47-14-8-16-49-28(22-47)18-32(45-49)35(50)46(5)6/h9-10,17-18,25-26H,7-8,11-16,19-24H2,1-6H3,(H,42,51)/t25-,26+,39-,40+/m0/s1. The second-order valence-corrected chi connectivity index (χ2v) is 17.2. The third kappa shape index (κ3) is 6.91. The number of nitrogens with one attached hydrogen (secondary N) is 1. The summed E-state index contributed by atoms with van der Waals surface area (Å²) in [6.45, 7) is 11.6. The van der Waals surface area contributed by atoms with Gasteiger partial charge in [0, 0.05) is 57.8 Å². The van der Waals surface area contributed by atoms with Crippen LogP contribution in [-0.4, -0.2) is 99.2 Å². The molecule has 8 rings (SSSR count). The van der Waals surface area contributed by atoms with Crippen molar-refractivity contribution in [2.45, 2.75) is 121 Å². The van der Waals surface area contributed by atoms with Crippen LogP contribution in [0.1, 0.15) is 111 Å². The monoisotopic (exact) mass is 744 g/mol. The van der Waals surface area contributed by atoms with Crippen LogP contribution < -0.4 is 15.0 Å². The van der Waals surface area contributed by atoms with Crippen LogP contribution in [0, 0.1) is 0 Å². The van der Waals surface area contributed by atoms with Gasteiger partial charge >= 0.3 is 12.1 Å². The summed E-state index contributed by atoms with van der Waals surface area (Å²) in [4.78, 5) is 41.8. The van der Waals surface area contributed by atoms with Crippen LogP contribution in [0.25, 0.3) is 0 Å². The number of halogens is 1. The molecule has 54 heavy (non-hydrogen) atoms. The Kier molecular flexibility index (Phi) is 9.35. The summed E-state index contributed by atoms with van der Waals surface area (Å²) < 4.78 is 35.7. The Morgan fingerprint density at radius 2 is 1.94 bits per heavy atom. The van der Waals surface area contributed by atoms with E-state index < -0.39 is 23.5 Å². The molecule has 5 aliphatic rings. The number of hydrogen-bond acceptors (Lipinski definition) is 10. The van der Waals surface area contributed by atoms with E-state index in [1.165, 1.54) is 5.56 Å². The van der Waals surface area contributed by atoms with Crippen LogP contribution in [0.4, 0.5) is 20.7 Å². The number of carbonyl (C=O) groups is 2. The van der Waals surface area contributed by atoms with Crippen molar-refractivity contribution >= 4 is 23.5 Å². The summed E-state index contributed by atoms with van der Waals surface area (Å²) in [5.74, 6) is 0.933. The number of ether oxygens (including phenoxy) is 3. The van der Waals surface area contributed by atoms with E-state index in [-0.39, 0.29) is 17.5 Å². The van der Waals surface area contributed by atoms with E-state index in [1.54, 1.807) is 19.0 Å². The van der Waals surface area contributed by atoms with E-state index >= 15 is 0 Å². The van der Waals surface area contributed by atoms with Crippen molar-refractivity contribution in [2.24, 2.45) is 0 Å². The minimum atomic E-state index is -0.861. The molecule has 0 radical (unpaired) electrons. The fourth-order valence-corrected chi connectivity index (χ4v) is 9.22. The van der Waals surface area contributed by atoms with Crippen molar-refractivity contribution in [3.05, 3.63) is 58.0 Å². The van der Waals surface area contributed by atoms with E-state index in [0.717, 1.165) is 73.5 Å². The van der Waals surface area contributed by atoms with Gasteiger partial charge in [-0.3, -0.25) is 19.7 Å². The Hall–Kier alpha value is -4.30. The van der Waals surface area contributed by atoms with Crippen LogP contribution in [0.2, 0.25) is 0 Å². The fraction of sp³-hybridized carbons (Fsp3) is 0.625. The predicted molar refractivity (Wildman–Crippen MR) is 201 cm³/mol. The van der Waals surface area contributed by atoms with Crippen molar-refractivity contribution in [1.82, 2.24) is 29.5 Å². The lowest BCUT2D eigenvalue weighted by molar-refractivity contribution is -0.0872. The molecule has 3 aromatic rings. The Bertz CT molecular complexity index is 1950. The van der Waals surface area contributed by atoms with Gasteiger partial charge in [0.2, 0.25) is 0 Å². The minimum Gasteiger partial charge on any atom is -0.461 e. The van der Waals surface area contributed by atoms with Crippen molar-refractivity contribution in [3.63, 3.8) is 0 Å². The van der Waals surface area contributed by atoms with Crippen LogP contribution in [0.3, 0.4) is 0 Å². The van der Waals surface area contributed by atoms with Crippen LogP contribution in [-0.2, 0) is 41.2 Å². The molecule has 2 fully saturated rings. The third-order valence-corrected chi connectivity index (χ3v) is 11.9. The molecule has 6 heterocycles. The highest BCUT2D eigenvalue weighted by atomic mass is 19.1. The molecule has 1 N–H and O–H groups in total. The molecular formula is C40H53FN8O5. The van der Waals surface area contributed by atoms with Gasteiger partial charge in [-0.15, -0.1) is 0 Å². The summed E-state index contributed by atoms with van der Waals surface area (Å²) in [6.07, 6.45) is 4.03. The minimum absolute atomic E-state index is 0.134. The Morgan fingerprint density at radius 1 is 1.11 bits per heavy atom. The lowest BCUT2D eigenvalue weighted by Gasteiger charge is -2.44. The summed E-state index contributed by atoms with van der Waals surface area (Å²) in [7, 11) is 3.46. The van der Waals surface area contributed by atoms with Crippen molar-refractivity contribution in [2.75, 3.05) is 50.6 Å². The number of alkyl halides is 1. The molecular weight excluding hydrogens is 691 g/mol. The fourth-order valence-electron chi connectivity index (χ4n) is 9.22. The number of benzene rings is 1. The largest absolute Gasteiger partial charge is 0.461 e. The quantitative estimate of drug-likeness (QED) is 0.324. The zero-order chi connectivity index (χ0) is 38.0. The average molecular weight is 745 g/mol. The first-order chi connectivity index (χ1) is 25.7. The van der Waals surface area contributed by atoms with Gasteiger partial charge in [0.15, 0.2) is 5.69 Å². The van der Waals surface area contributed by atoms with Crippen LogP contribution in [0.15, 0.2) is 24.3 Å². The number of aromatic nitrogens is 4. The number of hydrogen-bond donors (Lipinski definition) is 1. The van der Waals surface area contributed by atoms with E-state index in [9.17, 15) is 14.0 Å². The Morgan fingerprint density at radius 3 is 2.74 bits per heavy atom. The molecule has 1 spiro atoms. The third-order valence-electron chi connectivity index (χ3n) is 11.9. The highest BCUT2D eigenvalue weighted by molar-refractivity contribution is 5.92. The lowest BCUT2D eigenvalue weighted by Crippen LogP contribution is -2.44. The molecule has 290 valence electrons. The topological polar surface area (TPSA) is 127 Å². The van der Waals surface area contributed by atoms with Crippen LogP contribution in [0.5, 0.6) is 6.01 Å². The summed E-state index contributed by atoms with van der Waals surface area (Å²) in [5.41, 5.74) is 4.38. The van der Waals surface area contributed by atoms with Gasteiger partial charge < -0.3 is 24.0 Å². The molecule has 0 bridgehead atoms. The molecule has 0 saturated carbocycles. The average Bonchev–Trinajstić information content (AvgIpc) is 3.74. The molecule has 2 amide bonds. The molecule has 0 unspecified atom stereocenters. The highest BCUT2D eigenvalue weighted by Crippen LogP contribution is 2.50. The number of carbonyl (C=O) groups excluding carboxylic acids is 2. The van der Waals surface area contributed by atoms with E-state index in [0.29, 0.717) is 63.0 Å². The Labute approximate surface area is 316 Å². The second-order valence-electron chi connectivity index (χ2n) is 17.2. The Balaban J connectivity index is 1.15. The van der Waals surface area contributed by atoms with E-state index in [4.69, 9.17) is 24.2 Å². The molecule has 2 saturated heterocycles. The summed E-state index contributed by atoms with van der Waals surface area (Å²) in [5, 5.41) is 7.58. The van der Waals surface area contributed by atoms with Gasteiger partial charge in [-0.25, -0.2) is 9.18 Å². The molecule has 13 nitrogen and oxygen atoms in total. The smallest absolute Gasteiger partial charge is 0.412 e. The predicted octanol–water partition coefficient (Wildman–Crippen LogP) is 5.95. The maximum Gasteiger partial charge on any atom is 0.412 e. The number of aryl methyl sites for hydroxylation is 1. The first-order valence-electron chi connectivity index (χ1n) is 19.4. The van der Waals surface area contributed by atoms with Crippen molar-refractivity contribution in [3.8, 4) is 6.01 Å². The first-order valence-corrected chi connectivity index (χ1v) is 19.4. The van der Waals surface area contributed by atoms with Gasteiger partial charge in [-0.05, 0) is 94.7 Å². The SMILES string of the molecule is C[C@H]1CC[C@@]2(Cc3nc(OC[C@@]45CCCN4C[C@H](F)C5)nc(N4CCCn5nc(C(=O)N(C)C)cc5C4)c3CO2)c2cc(NC(=O)OC(C)(C)C)ccc21. The van der Waals surface area contributed by atoms with Crippen molar-refractivity contribution in [1.29, 1.82) is 0 Å². The summed E-state index contributed by atoms with van der Waals surface area (Å²) in [6, 6.07) is 8.22. The number of nitrogens with zero attached hydrogens (tertiary/aromatic N) is 7. The first kappa shape index (κ1) is 36.7. The molecule has 14 heteroatoms. The number of anilines is 2. The maximum atomic E-state index is 14.7. The second kappa shape index (κ2) is 13.8. The molecule has 1 aromatic carbocycles. The number of rotatable bonds is 6. The number of fused-ring (bicyclic) bond motifs is 5. The maximum absolute atomic E-state index is 14.7. The zero-order valence-corrected chi connectivity index (χ0v) is 32.4. The van der Waals surface area contributed by atoms with E-state index in [2.05, 4.69) is 33.2 Å². The van der Waals surface area contributed by atoms with E-state index in [1.807, 2.05) is 43.7 Å². The highest BCUT2D eigenvalue weighted by Gasteiger charge is 2.50. The molecule has 4 atom stereocenters. The van der Waals surface area contributed by atoms with Crippen molar-refractivity contribution < 1.29 is 28.2 Å². The van der Waals surface area contributed by atoms with Gasteiger partial charge in [-0.2, -0.15) is 15.1 Å². The van der Waals surface area contributed by atoms with Gasteiger partial charge in [-0.1, -0.05) is 13.0 Å². The van der Waals surface area contributed by atoms with Gasteiger partial charge in [0.1, 0.15) is 24.2 Å². The van der Waals surface area contributed by atoms with Gasteiger partial charge in [0.05, 0.1) is 35.7 Å². The zero-order valence-electron chi connectivity index (χ0n) is 32.4. The normalized spacial score (nSPS) is 26.4. The van der Waals surface area contributed by atoms with Gasteiger partial charge in [0.25, 0.3) is 5.91 Å². The lowest BCUT2D eigenvalue weighted by atomic mass is 9.71. The molecule has 1 aliphatic carbocycles.